The smallest absolute Gasteiger partial charge is 0.251 e. The molecule has 8 aromatic rings. The van der Waals surface area contributed by atoms with Gasteiger partial charge >= 0.3 is 0 Å². The first-order valence-electron chi connectivity index (χ1n) is 23.5. The second-order valence-electron chi connectivity index (χ2n) is 16.9. The van der Waals surface area contributed by atoms with Crippen molar-refractivity contribution in [1.82, 2.24) is 31.4 Å². The number of hydrogen-bond donors (Lipinski definition) is 6. The van der Waals surface area contributed by atoms with E-state index in [4.69, 9.17) is 0 Å². The predicted octanol–water partition coefficient (Wildman–Crippen LogP) is 6.09. The molecule has 0 radical (unpaired) electrons. The van der Waals surface area contributed by atoms with Gasteiger partial charge in [0, 0.05) is 82.7 Å². The highest BCUT2D eigenvalue weighted by Gasteiger charge is 2.29. The van der Waals surface area contributed by atoms with Crippen molar-refractivity contribution in [2.45, 2.75) is 26.2 Å². The zero-order chi connectivity index (χ0) is 50.2. The number of carbonyl (C=O) groups is 4. The predicted molar refractivity (Wildman–Crippen MR) is 293 cm³/mol. The fourth-order valence-corrected chi connectivity index (χ4v) is 12.5. The number of nitrogens with one attached hydrogen (secondary N) is 6. The summed E-state index contributed by atoms with van der Waals surface area (Å²) in [7, 11) is -6.06. The van der Waals surface area contributed by atoms with Crippen LogP contribution in [0.1, 0.15) is 63.7 Å². The van der Waals surface area contributed by atoms with Gasteiger partial charge in [-0.25, -0.2) is 0 Å². The van der Waals surface area contributed by atoms with Gasteiger partial charge in [0.05, 0.1) is 0 Å². The second kappa shape index (κ2) is 26.6. The van der Waals surface area contributed by atoms with Gasteiger partial charge in [-0.2, -0.15) is 0 Å². The largest absolute Gasteiger partial charge is 0.412 e. The lowest BCUT2D eigenvalue weighted by atomic mass is 10.1. The summed E-state index contributed by atoms with van der Waals surface area (Å²) in [5.41, 5.74) is 5.14. The number of rotatable bonds is 9. The number of hydrogen-bond acceptors (Lipinski definition) is 6. The fourth-order valence-electron chi connectivity index (χ4n) is 7.93. The standard InChI is InChI=1S/C32H28N4O4.C26H26N2O2P2.2H2O/c37-29-25-3-1-4-26(15-25)30(38)34-18-22-9-13-24(14-10-22)20-36-32(40)28-6-2-5-27(16-28)31(39)35-19-23-11-7-21(8-12-23)17-33-29;29-31(23-13-5-1-6-14-23,24-15-7-2-8-16-24)27-21-22-28-32(30,25-17-9-3-10-18-25)26-19-11-4-12-20-26;;/h1-16H,17-20H2,(H,33,37)(H,34,38)(H,35,39)(H,36,40);1-20H,21-22H2,(H,27,29)(H,28,30);2*1H2. The first kappa shape index (κ1) is 55.3. The van der Waals surface area contributed by atoms with Crippen molar-refractivity contribution in [3.63, 3.8) is 0 Å². The maximum atomic E-state index is 14.1. The van der Waals surface area contributed by atoms with E-state index < -0.39 is 14.6 Å². The molecule has 0 saturated heterocycles. The molecule has 14 nitrogen and oxygen atoms in total. The maximum absolute atomic E-state index is 14.1. The molecule has 0 saturated carbocycles. The topological polar surface area (TPSA) is 238 Å². The number of carbonyl (C=O) groups excluding carboxylic acids is 4. The van der Waals surface area contributed by atoms with Crippen LogP contribution < -0.4 is 52.7 Å². The Labute approximate surface area is 430 Å². The zero-order valence-corrected chi connectivity index (χ0v) is 42.2. The van der Waals surface area contributed by atoms with Gasteiger partial charge in [0.2, 0.25) is 14.6 Å². The van der Waals surface area contributed by atoms with Gasteiger partial charge in [0.25, 0.3) is 23.6 Å². The van der Waals surface area contributed by atoms with Crippen LogP contribution in [0, 0.1) is 0 Å². The van der Waals surface area contributed by atoms with E-state index in [1.165, 1.54) is 0 Å². The van der Waals surface area contributed by atoms with Gasteiger partial charge in [0.15, 0.2) is 0 Å². The Hall–Kier alpha value is -8.06. The SMILES string of the molecule is O.O.O=C1NCc2ccc(cc2)CNC(=O)c2cccc(c2)C(=O)NCc2ccc(cc2)CNC(=O)c2cccc1c2.O=P(NCCNP(=O)(c1ccccc1)c1ccccc1)(c1ccccc1)c1ccccc1. The Balaban J connectivity index is 0.000000240. The van der Waals surface area contributed by atoms with Crippen molar-refractivity contribution in [1.29, 1.82) is 0 Å². The lowest BCUT2D eigenvalue weighted by Gasteiger charge is -2.23. The average molecular weight is 1030 g/mol. The molecule has 8 bridgehead atoms. The Kier molecular flexibility index (Phi) is 19.8. The molecule has 0 aromatic heterocycles. The summed E-state index contributed by atoms with van der Waals surface area (Å²) < 4.78 is 28.1. The normalized spacial score (nSPS) is 13.0. The molecule has 12 rings (SSSR count). The van der Waals surface area contributed by atoms with Crippen LogP contribution in [-0.4, -0.2) is 47.7 Å². The Bertz CT molecular complexity index is 2810. The Morgan fingerprint density at radius 1 is 0.311 bits per heavy atom. The first-order chi connectivity index (χ1) is 35.1. The highest BCUT2D eigenvalue weighted by Crippen LogP contribution is 2.40. The van der Waals surface area contributed by atoms with Gasteiger partial charge in [-0.05, 0) is 107 Å². The summed E-state index contributed by atoms with van der Waals surface area (Å²) in [6.07, 6.45) is 0. The molecule has 4 aliphatic heterocycles. The minimum Gasteiger partial charge on any atom is -0.412 e. The van der Waals surface area contributed by atoms with Crippen molar-refractivity contribution in [3.05, 3.63) is 263 Å². The van der Waals surface area contributed by atoms with Crippen LogP contribution in [0.2, 0.25) is 0 Å². The van der Waals surface area contributed by atoms with Gasteiger partial charge in [0.1, 0.15) is 0 Å². The van der Waals surface area contributed by atoms with E-state index in [9.17, 15) is 28.3 Å². The van der Waals surface area contributed by atoms with Crippen LogP contribution in [0.25, 0.3) is 0 Å². The molecular formula is C58H58N6O8P2. The molecule has 74 heavy (non-hydrogen) atoms. The number of amides is 4. The lowest BCUT2D eigenvalue weighted by Crippen LogP contribution is -2.35. The van der Waals surface area contributed by atoms with Crippen LogP contribution in [-0.2, 0) is 35.3 Å². The third-order valence-electron chi connectivity index (χ3n) is 11.9. The van der Waals surface area contributed by atoms with Crippen molar-refractivity contribution >= 4 is 59.4 Å². The molecule has 0 fully saturated rings. The summed E-state index contributed by atoms with van der Waals surface area (Å²) in [6.45, 7) is 2.04. The summed E-state index contributed by atoms with van der Waals surface area (Å²) in [5.74, 6) is -1.12. The third kappa shape index (κ3) is 14.3. The van der Waals surface area contributed by atoms with Crippen molar-refractivity contribution in [3.8, 4) is 0 Å². The van der Waals surface area contributed by atoms with E-state index in [0.717, 1.165) is 43.5 Å². The highest BCUT2D eigenvalue weighted by molar-refractivity contribution is 7.77. The van der Waals surface area contributed by atoms with Crippen molar-refractivity contribution in [2.24, 2.45) is 0 Å². The molecule has 0 unspecified atom stereocenters. The van der Waals surface area contributed by atoms with Gasteiger partial charge in [-0.15, -0.1) is 0 Å². The van der Waals surface area contributed by atoms with Crippen LogP contribution >= 0.6 is 14.6 Å². The minimum atomic E-state index is -3.03. The summed E-state index contributed by atoms with van der Waals surface area (Å²) in [5, 5.41) is 21.1. The van der Waals surface area contributed by atoms with E-state index in [-0.39, 0.29) is 34.6 Å². The zero-order valence-electron chi connectivity index (χ0n) is 40.4. The molecule has 4 heterocycles. The molecule has 10 N–H and O–H groups in total. The van der Waals surface area contributed by atoms with E-state index in [1.807, 2.05) is 170 Å². The second-order valence-corrected chi connectivity index (χ2v) is 22.0. The van der Waals surface area contributed by atoms with E-state index >= 15 is 0 Å². The minimum absolute atomic E-state index is 0. The molecule has 16 heteroatoms. The molecule has 4 amide bonds. The van der Waals surface area contributed by atoms with E-state index in [1.54, 1.807) is 48.5 Å². The van der Waals surface area contributed by atoms with Crippen LogP contribution in [0.15, 0.2) is 218 Å². The highest BCUT2D eigenvalue weighted by atomic mass is 31.2. The van der Waals surface area contributed by atoms with Gasteiger partial charge < -0.3 is 32.2 Å². The third-order valence-corrected chi connectivity index (χ3v) is 17.3. The monoisotopic (exact) mass is 1030 g/mol. The van der Waals surface area contributed by atoms with Crippen LogP contribution in [0.5, 0.6) is 0 Å². The van der Waals surface area contributed by atoms with Crippen molar-refractivity contribution < 1.29 is 39.3 Å². The number of benzene rings is 8. The fraction of sp³-hybridized carbons (Fsp3) is 0.103. The summed E-state index contributed by atoms with van der Waals surface area (Å²) in [6, 6.07) is 66.1. The van der Waals surface area contributed by atoms with Gasteiger partial charge in [-0.3, -0.25) is 38.5 Å². The van der Waals surface area contributed by atoms with Crippen LogP contribution in [0.4, 0.5) is 0 Å². The van der Waals surface area contributed by atoms with Crippen molar-refractivity contribution in [2.75, 3.05) is 13.1 Å². The Morgan fingerprint density at radius 2 is 0.527 bits per heavy atom. The molecule has 0 spiro atoms. The van der Waals surface area contributed by atoms with E-state index in [2.05, 4.69) is 31.4 Å². The molecule has 4 aliphatic rings. The molecule has 0 atom stereocenters. The molecule has 8 aromatic carbocycles. The Morgan fingerprint density at radius 3 is 0.743 bits per heavy atom. The molecular weight excluding hydrogens is 971 g/mol. The van der Waals surface area contributed by atoms with Gasteiger partial charge in [-0.1, -0.05) is 133 Å². The quantitative estimate of drug-likeness (QED) is 0.0729. The summed E-state index contributed by atoms with van der Waals surface area (Å²) >= 11 is 0. The average Bonchev–Trinajstić information content (AvgIpc) is 3.45. The first-order valence-corrected chi connectivity index (χ1v) is 26.9. The lowest BCUT2D eigenvalue weighted by molar-refractivity contribution is 0.0935. The molecule has 0 aliphatic carbocycles. The van der Waals surface area contributed by atoms with E-state index in [0.29, 0.717) is 61.5 Å². The maximum Gasteiger partial charge on any atom is 0.251 e. The van der Waals surface area contributed by atoms with Crippen LogP contribution in [0.3, 0.4) is 0 Å². The molecule has 378 valence electrons. The summed E-state index contributed by atoms with van der Waals surface area (Å²) in [4.78, 5) is 51.0.